The van der Waals surface area contributed by atoms with E-state index in [-0.39, 0.29) is 19.5 Å². The monoisotopic (exact) mass is 454 g/mol. The molecule has 8 nitrogen and oxygen atoms in total. The van der Waals surface area contributed by atoms with Crippen LogP contribution in [0.1, 0.15) is 13.3 Å². The molecule has 0 aromatic carbocycles. The lowest BCUT2D eigenvalue weighted by Gasteiger charge is -2.48. The minimum atomic E-state index is -4.49. The van der Waals surface area contributed by atoms with E-state index in [0.717, 1.165) is 22.2 Å². The van der Waals surface area contributed by atoms with Gasteiger partial charge in [-0.3, -0.25) is 9.48 Å². The minimum Gasteiger partial charge on any atom is -0.598 e. The number of nitrogens with zero attached hydrogens (tertiary/aromatic N) is 4. The molecule has 0 aliphatic carbocycles. The highest BCUT2D eigenvalue weighted by Crippen LogP contribution is 2.36. The molecule has 3 aromatic heterocycles. The predicted octanol–water partition coefficient (Wildman–Crippen LogP) is 2.19. The molecular weight excluding hydrogens is 433 g/mol. The van der Waals surface area contributed by atoms with Crippen LogP contribution < -0.4 is 5.32 Å². The van der Waals surface area contributed by atoms with Crippen LogP contribution in [0.2, 0.25) is 0 Å². The Morgan fingerprint density at radius 3 is 2.90 bits per heavy atom. The zero-order valence-electron chi connectivity index (χ0n) is 16.6. The molecule has 1 amide bonds. The normalized spacial score (nSPS) is 17.5. The molecule has 1 aliphatic rings. The van der Waals surface area contributed by atoms with Gasteiger partial charge in [0.1, 0.15) is 23.5 Å². The van der Waals surface area contributed by atoms with Crippen molar-refractivity contribution in [2.45, 2.75) is 25.1 Å². The van der Waals surface area contributed by atoms with Crippen molar-refractivity contribution in [3.8, 4) is 11.1 Å². The summed E-state index contributed by atoms with van der Waals surface area (Å²) in [5.41, 5.74) is 1.51. The minimum absolute atomic E-state index is 0.197. The molecule has 1 saturated heterocycles. The number of hydrogen-bond donors (Lipinski definition) is 2. The highest BCUT2D eigenvalue weighted by Gasteiger charge is 2.52. The van der Waals surface area contributed by atoms with Crippen LogP contribution in [0, 0.1) is 0 Å². The van der Waals surface area contributed by atoms with Crippen molar-refractivity contribution in [2.24, 2.45) is 0 Å². The Labute approximate surface area is 179 Å². The number of amides is 1. The molecule has 0 spiro atoms. The van der Waals surface area contributed by atoms with Gasteiger partial charge in [-0.15, -0.1) is 4.31 Å². The van der Waals surface area contributed by atoms with Gasteiger partial charge in [-0.1, -0.05) is 0 Å². The highest BCUT2D eigenvalue weighted by atomic mass is 32.2. The number of aromatic amines is 1. The molecule has 1 aliphatic heterocycles. The third-order valence-electron chi connectivity index (χ3n) is 5.28. The molecule has 1 atom stereocenters. The molecule has 4 heterocycles. The summed E-state index contributed by atoms with van der Waals surface area (Å²) in [6.45, 7) is 0.898. The first-order chi connectivity index (χ1) is 14.7. The standard InChI is InChI=1S/C19H21F3N6O2S/c1-2-31(30)27-11-18(12-27,6-16(29)25-10-19(20,21)22)28-9-13(7-26-28)15-8-24-17-14(15)4-3-5-23-17/h3-5,7-9H,2,6,10-12H2,1H3,(H,23,24)(H,25,29). The van der Waals surface area contributed by atoms with Crippen LogP contribution in [0.5, 0.6) is 0 Å². The summed E-state index contributed by atoms with van der Waals surface area (Å²) < 4.78 is 52.9. The average molecular weight is 454 g/mol. The quantitative estimate of drug-likeness (QED) is 0.533. The maximum atomic E-state index is 12.5. The summed E-state index contributed by atoms with van der Waals surface area (Å²) in [6.07, 6.45) is 2.21. The summed E-state index contributed by atoms with van der Waals surface area (Å²) in [6, 6.07) is 3.74. The van der Waals surface area contributed by atoms with Crippen LogP contribution in [0.25, 0.3) is 22.2 Å². The van der Waals surface area contributed by atoms with Crippen LogP contribution in [0.4, 0.5) is 13.2 Å². The Morgan fingerprint density at radius 2 is 2.19 bits per heavy atom. The number of pyridine rings is 1. The van der Waals surface area contributed by atoms with Gasteiger partial charge in [0.05, 0.1) is 25.7 Å². The Morgan fingerprint density at radius 1 is 1.42 bits per heavy atom. The number of halogens is 3. The Kier molecular flexibility index (Phi) is 5.71. The SMILES string of the molecule is CC[S+]([O-])N1CC(CC(=O)NCC(F)(F)F)(n2cc(-c3c[nH]c4ncccc34)cn2)C1. The van der Waals surface area contributed by atoms with Gasteiger partial charge in [-0.05, 0) is 19.1 Å². The first-order valence-electron chi connectivity index (χ1n) is 9.65. The smallest absolute Gasteiger partial charge is 0.405 e. The molecular formula is C19H21F3N6O2S. The van der Waals surface area contributed by atoms with Gasteiger partial charge >= 0.3 is 6.18 Å². The molecule has 2 N–H and O–H groups in total. The van der Waals surface area contributed by atoms with Gasteiger partial charge < -0.3 is 14.9 Å². The second kappa shape index (κ2) is 8.17. The molecule has 3 aromatic rings. The van der Waals surface area contributed by atoms with Gasteiger partial charge in [-0.2, -0.15) is 18.3 Å². The molecule has 1 unspecified atom stereocenters. The van der Waals surface area contributed by atoms with E-state index >= 15 is 0 Å². The third kappa shape index (κ3) is 4.41. The number of nitrogens with one attached hydrogen (secondary N) is 2. The van der Waals surface area contributed by atoms with Crippen molar-refractivity contribution in [1.29, 1.82) is 0 Å². The fraction of sp³-hybridized carbons (Fsp3) is 0.421. The molecule has 166 valence electrons. The van der Waals surface area contributed by atoms with Gasteiger partial charge in [0.2, 0.25) is 5.91 Å². The molecule has 0 radical (unpaired) electrons. The van der Waals surface area contributed by atoms with E-state index in [2.05, 4.69) is 15.1 Å². The van der Waals surface area contributed by atoms with E-state index in [4.69, 9.17) is 0 Å². The lowest BCUT2D eigenvalue weighted by Crippen LogP contribution is -2.65. The van der Waals surface area contributed by atoms with Crippen molar-refractivity contribution in [3.63, 3.8) is 0 Å². The number of carbonyl (C=O) groups excluding carboxylic acids is 1. The van der Waals surface area contributed by atoms with E-state index in [1.165, 1.54) is 0 Å². The van der Waals surface area contributed by atoms with Crippen LogP contribution in [-0.4, -0.2) is 66.1 Å². The maximum Gasteiger partial charge on any atom is 0.405 e. The second-order valence-electron chi connectivity index (χ2n) is 7.48. The number of rotatable bonds is 7. The molecule has 4 rings (SSSR count). The summed E-state index contributed by atoms with van der Waals surface area (Å²) in [7, 11) is 0. The summed E-state index contributed by atoms with van der Waals surface area (Å²) >= 11 is -1.21. The Balaban J connectivity index is 1.58. The van der Waals surface area contributed by atoms with E-state index in [1.54, 1.807) is 40.7 Å². The van der Waals surface area contributed by atoms with Crippen molar-refractivity contribution in [1.82, 2.24) is 29.4 Å². The first-order valence-corrected chi connectivity index (χ1v) is 10.9. The van der Waals surface area contributed by atoms with Gasteiger partial charge in [0, 0.05) is 46.5 Å². The topological polar surface area (TPSA) is 102 Å². The fourth-order valence-electron chi connectivity index (χ4n) is 3.75. The Bertz CT molecular complexity index is 1080. The number of aromatic nitrogens is 4. The van der Waals surface area contributed by atoms with Crippen molar-refractivity contribution in [3.05, 3.63) is 36.9 Å². The predicted molar refractivity (Wildman–Crippen MR) is 109 cm³/mol. The largest absolute Gasteiger partial charge is 0.598 e. The molecule has 1 fully saturated rings. The average Bonchev–Trinajstić information content (AvgIpc) is 3.34. The van der Waals surface area contributed by atoms with E-state index < -0.39 is 35.5 Å². The Hall–Kier alpha value is -2.57. The van der Waals surface area contributed by atoms with Crippen molar-refractivity contribution in [2.75, 3.05) is 25.4 Å². The zero-order valence-corrected chi connectivity index (χ0v) is 17.5. The molecule has 31 heavy (non-hydrogen) atoms. The second-order valence-corrected chi connectivity index (χ2v) is 9.21. The number of alkyl halides is 3. The van der Waals surface area contributed by atoms with E-state index in [0.29, 0.717) is 5.75 Å². The van der Waals surface area contributed by atoms with Crippen LogP contribution in [-0.2, 0) is 21.7 Å². The van der Waals surface area contributed by atoms with Crippen molar-refractivity contribution >= 4 is 28.3 Å². The van der Waals surface area contributed by atoms with Gasteiger partial charge in [0.15, 0.2) is 0 Å². The fourth-order valence-corrected chi connectivity index (χ4v) is 4.88. The molecule has 0 bridgehead atoms. The highest BCUT2D eigenvalue weighted by molar-refractivity contribution is 7.89. The number of carbonyl (C=O) groups is 1. The summed E-state index contributed by atoms with van der Waals surface area (Å²) in [5.74, 6) is -0.309. The van der Waals surface area contributed by atoms with Crippen molar-refractivity contribution < 1.29 is 22.5 Å². The molecule has 12 heteroatoms. The maximum absolute atomic E-state index is 12.5. The summed E-state index contributed by atoms with van der Waals surface area (Å²) in [4.78, 5) is 19.6. The number of fused-ring (bicyclic) bond motifs is 1. The molecule has 0 saturated carbocycles. The number of hydrogen-bond acceptors (Lipinski definition) is 5. The van der Waals surface area contributed by atoms with Crippen LogP contribution in [0.3, 0.4) is 0 Å². The first kappa shape index (κ1) is 21.7. The zero-order chi connectivity index (χ0) is 22.2. The summed E-state index contributed by atoms with van der Waals surface area (Å²) in [5, 5.41) is 7.23. The lowest BCUT2D eigenvalue weighted by atomic mass is 9.88. The number of H-pyrrole nitrogens is 1. The van der Waals surface area contributed by atoms with Gasteiger partial charge in [-0.25, -0.2) is 4.98 Å². The van der Waals surface area contributed by atoms with Crippen LogP contribution in [0.15, 0.2) is 36.9 Å². The van der Waals surface area contributed by atoms with E-state index in [1.807, 2.05) is 17.4 Å². The van der Waals surface area contributed by atoms with E-state index in [9.17, 15) is 22.5 Å². The van der Waals surface area contributed by atoms with Gasteiger partial charge in [0.25, 0.3) is 0 Å². The van der Waals surface area contributed by atoms with Crippen LogP contribution >= 0.6 is 0 Å². The third-order valence-corrected chi connectivity index (χ3v) is 6.61. The lowest BCUT2D eigenvalue weighted by molar-refractivity contribution is -0.140.